The Balaban J connectivity index is 0.00000288. The summed E-state index contributed by atoms with van der Waals surface area (Å²) in [5.41, 5.74) is 2.51. The van der Waals surface area contributed by atoms with Gasteiger partial charge in [-0.2, -0.15) is 0 Å². The smallest absolute Gasteiger partial charge is 0.338 e. The molecule has 1 aliphatic rings. The fourth-order valence-electron chi connectivity index (χ4n) is 3.08. The lowest BCUT2D eigenvalue weighted by atomic mass is 10.0. The van der Waals surface area contributed by atoms with Gasteiger partial charge in [-0.25, -0.2) is 4.79 Å². The minimum Gasteiger partial charge on any atom is -0.494 e. The Morgan fingerprint density at radius 2 is 1.75 bits per heavy atom. The lowest BCUT2D eigenvalue weighted by Gasteiger charge is -2.15. The van der Waals surface area contributed by atoms with Crippen LogP contribution in [0.25, 0.3) is 0 Å². The third-order valence-electron chi connectivity index (χ3n) is 4.23. The highest BCUT2D eigenvalue weighted by Crippen LogP contribution is 2.23. The predicted octanol–water partition coefficient (Wildman–Crippen LogP) is 4.16. The van der Waals surface area contributed by atoms with Crippen LogP contribution in [0.3, 0.4) is 0 Å². The molecule has 0 saturated carbocycles. The number of rotatable bonds is 8. The van der Waals surface area contributed by atoms with Gasteiger partial charge >= 0.3 is 5.97 Å². The average Bonchev–Trinajstić information content (AvgIpc) is 3.02. The molecule has 5 heteroatoms. The van der Waals surface area contributed by atoms with Gasteiger partial charge < -0.3 is 14.4 Å². The normalized spacial score (nSPS) is 14.3. The van der Waals surface area contributed by atoms with Crippen LogP contribution in [0.5, 0.6) is 5.75 Å². The Bertz CT molecular complexity index is 504. The van der Waals surface area contributed by atoms with Crippen molar-refractivity contribution in [3.05, 3.63) is 28.8 Å². The number of likely N-dealkylation sites (tertiary alicyclic amines) is 1. The first-order valence-corrected chi connectivity index (χ1v) is 8.75. The van der Waals surface area contributed by atoms with E-state index in [4.69, 9.17) is 9.47 Å². The number of esters is 1. The Kier molecular flexibility index (Phi) is 9.16. The molecule has 1 aromatic rings. The molecule has 1 heterocycles. The minimum atomic E-state index is -0.219. The van der Waals surface area contributed by atoms with Crippen LogP contribution >= 0.6 is 12.4 Å². The molecule has 2 rings (SSSR count). The van der Waals surface area contributed by atoms with Crippen LogP contribution in [0, 0.1) is 13.8 Å². The largest absolute Gasteiger partial charge is 0.494 e. The quantitative estimate of drug-likeness (QED) is 0.518. The first-order chi connectivity index (χ1) is 11.1. The zero-order chi connectivity index (χ0) is 16.7. The number of aryl methyl sites for hydroxylation is 2. The molecule has 0 N–H and O–H groups in total. The summed E-state index contributed by atoms with van der Waals surface area (Å²) >= 11 is 0. The maximum Gasteiger partial charge on any atom is 0.338 e. The predicted molar refractivity (Wildman–Crippen MR) is 99.5 cm³/mol. The zero-order valence-corrected chi connectivity index (χ0v) is 15.9. The highest BCUT2D eigenvalue weighted by Gasteiger charge is 2.16. The van der Waals surface area contributed by atoms with Crippen molar-refractivity contribution in [2.45, 2.75) is 46.5 Å². The van der Waals surface area contributed by atoms with E-state index in [1.54, 1.807) is 0 Å². The second kappa shape index (κ2) is 10.6. The van der Waals surface area contributed by atoms with Gasteiger partial charge in [0.2, 0.25) is 0 Å². The Morgan fingerprint density at radius 1 is 1.12 bits per heavy atom. The molecular formula is C19H30ClNO3. The van der Waals surface area contributed by atoms with Gasteiger partial charge in [0, 0.05) is 6.54 Å². The fraction of sp³-hybridized carbons (Fsp3) is 0.632. The van der Waals surface area contributed by atoms with Crippen LogP contribution in [0.2, 0.25) is 0 Å². The van der Waals surface area contributed by atoms with Crippen molar-refractivity contribution in [3.63, 3.8) is 0 Å². The SMILES string of the molecule is CCCOc1cc(C)c(C(=O)OCCCN2CCCC2)c(C)c1.Cl. The summed E-state index contributed by atoms with van der Waals surface area (Å²) in [6.45, 7) is 10.5. The number of hydrogen-bond donors (Lipinski definition) is 0. The molecule has 1 fully saturated rings. The number of carbonyl (C=O) groups is 1. The summed E-state index contributed by atoms with van der Waals surface area (Å²) in [7, 11) is 0. The van der Waals surface area contributed by atoms with E-state index in [0.29, 0.717) is 18.8 Å². The summed E-state index contributed by atoms with van der Waals surface area (Å²) in [4.78, 5) is 14.8. The van der Waals surface area contributed by atoms with E-state index in [-0.39, 0.29) is 18.4 Å². The van der Waals surface area contributed by atoms with Gasteiger partial charge in [0.15, 0.2) is 0 Å². The van der Waals surface area contributed by atoms with Crippen LogP contribution in [0.15, 0.2) is 12.1 Å². The van der Waals surface area contributed by atoms with Crippen molar-refractivity contribution in [1.82, 2.24) is 4.90 Å². The van der Waals surface area contributed by atoms with Crippen molar-refractivity contribution in [2.24, 2.45) is 0 Å². The molecule has 24 heavy (non-hydrogen) atoms. The monoisotopic (exact) mass is 355 g/mol. The molecular weight excluding hydrogens is 326 g/mol. The highest BCUT2D eigenvalue weighted by atomic mass is 35.5. The number of carbonyl (C=O) groups excluding carboxylic acids is 1. The van der Waals surface area contributed by atoms with Gasteiger partial charge in [0.1, 0.15) is 5.75 Å². The van der Waals surface area contributed by atoms with Crippen LogP contribution in [0.4, 0.5) is 0 Å². The average molecular weight is 356 g/mol. The second-order valence-corrected chi connectivity index (χ2v) is 6.32. The molecule has 0 amide bonds. The minimum absolute atomic E-state index is 0. The number of nitrogens with zero attached hydrogens (tertiary/aromatic N) is 1. The molecule has 1 saturated heterocycles. The van der Waals surface area contributed by atoms with Gasteiger partial charge in [0.05, 0.1) is 18.8 Å². The lowest BCUT2D eigenvalue weighted by molar-refractivity contribution is 0.0489. The van der Waals surface area contributed by atoms with Gasteiger partial charge in [-0.05, 0) is 75.9 Å². The summed E-state index contributed by atoms with van der Waals surface area (Å²) in [6, 6.07) is 3.84. The van der Waals surface area contributed by atoms with E-state index in [1.807, 2.05) is 26.0 Å². The molecule has 0 aliphatic carbocycles. The molecule has 1 aromatic carbocycles. The molecule has 1 aliphatic heterocycles. The molecule has 0 aromatic heterocycles. The van der Waals surface area contributed by atoms with Crippen molar-refractivity contribution >= 4 is 18.4 Å². The van der Waals surface area contributed by atoms with E-state index in [1.165, 1.54) is 25.9 Å². The Labute approximate surface area is 151 Å². The van der Waals surface area contributed by atoms with E-state index < -0.39 is 0 Å². The third-order valence-corrected chi connectivity index (χ3v) is 4.23. The zero-order valence-electron chi connectivity index (χ0n) is 15.1. The molecule has 0 atom stereocenters. The first kappa shape index (κ1) is 20.8. The van der Waals surface area contributed by atoms with Crippen LogP contribution in [-0.4, -0.2) is 43.7 Å². The summed E-state index contributed by atoms with van der Waals surface area (Å²) < 4.78 is 11.1. The number of halogens is 1. The van der Waals surface area contributed by atoms with Gasteiger partial charge in [-0.1, -0.05) is 6.92 Å². The molecule has 0 unspecified atom stereocenters. The highest BCUT2D eigenvalue weighted by molar-refractivity contribution is 5.93. The van der Waals surface area contributed by atoms with Gasteiger partial charge in [-0.15, -0.1) is 12.4 Å². The van der Waals surface area contributed by atoms with Crippen molar-refractivity contribution < 1.29 is 14.3 Å². The number of hydrogen-bond acceptors (Lipinski definition) is 4. The van der Waals surface area contributed by atoms with Crippen LogP contribution < -0.4 is 4.74 Å². The Morgan fingerprint density at radius 3 is 2.33 bits per heavy atom. The summed E-state index contributed by atoms with van der Waals surface area (Å²) in [5.74, 6) is 0.607. The van der Waals surface area contributed by atoms with Crippen LogP contribution in [0.1, 0.15) is 54.1 Å². The van der Waals surface area contributed by atoms with E-state index in [2.05, 4.69) is 11.8 Å². The maximum absolute atomic E-state index is 12.3. The van der Waals surface area contributed by atoms with Gasteiger partial charge in [-0.3, -0.25) is 0 Å². The number of benzene rings is 1. The van der Waals surface area contributed by atoms with E-state index in [0.717, 1.165) is 36.3 Å². The first-order valence-electron chi connectivity index (χ1n) is 8.75. The van der Waals surface area contributed by atoms with Crippen molar-refractivity contribution in [1.29, 1.82) is 0 Å². The summed E-state index contributed by atoms with van der Waals surface area (Å²) in [6.07, 6.45) is 4.47. The third kappa shape index (κ3) is 5.99. The second-order valence-electron chi connectivity index (χ2n) is 6.32. The summed E-state index contributed by atoms with van der Waals surface area (Å²) in [5, 5.41) is 0. The van der Waals surface area contributed by atoms with E-state index in [9.17, 15) is 4.79 Å². The molecule has 0 bridgehead atoms. The van der Waals surface area contributed by atoms with Crippen molar-refractivity contribution in [3.8, 4) is 5.75 Å². The molecule has 0 radical (unpaired) electrons. The lowest BCUT2D eigenvalue weighted by Crippen LogP contribution is -2.22. The number of ether oxygens (including phenoxy) is 2. The maximum atomic E-state index is 12.3. The molecule has 4 nitrogen and oxygen atoms in total. The van der Waals surface area contributed by atoms with Crippen molar-refractivity contribution in [2.75, 3.05) is 32.8 Å². The fourth-order valence-corrected chi connectivity index (χ4v) is 3.08. The van der Waals surface area contributed by atoms with E-state index >= 15 is 0 Å². The van der Waals surface area contributed by atoms with Gasteiger partial charge in [0.25, 0.3) is 0 Å². The molecule has 0 spiro atoms. The van der Waals surface area contributed by atoms with Crippen LogP contribution in [-0.2, 0) is 4.74 Å². The Hall–Kier alpha value is -1.26. The standard InChI is InChI=1S/C19H29NO3.ClH/c1-4-11-22-17-13-15(2)18(16(3)14-17)19(21)23-12-7-10-20-8-5-6-9-20;/h13-14H,4-12H2,1-3H3;1H. The molecule has 136 valence electrons. The topological polar surface area (TPSA) is 38.8 Å².